The molecule has 0 aliphatic heterocycles. The molecule has 4 heteroatoms. The van der Waals surface area contributed by atoms with E-state index in [4.69, 9.17) is 4.74 Å². The third-order valence-electron chi connectivity index (χ3n) is 1.47. The Kier molecular flexibility index (Phi) is 3.64. The Morgan fingerprint density at radius 1 is 1.38 bits per heavy atom. The average Bonchev–Trinajstić information content (AvgIpc) is 2.19. The van der Waals surface area contributed by atoms with Crippen LogP contribution < -0.4 is 10.1 Å². The first kappa shape index (κ1) is 9.92. The predicted octanol–water partition coefficient (Wildman–Crippen LogP) is 2.13. The Morgan fingerprint density at radius 2 is 2.00 bits per heavy atom. The molecule has 13 heavy (non-hydrogen) atoms. The summed E-state index contributed by atoms with van der Waals surface area (Å²) in [7, 11) is 3.22. The lowest BCUT2D eigenvalue weighted by Gasteiger charge is -2.01. The van der Waals surface area contributed by atoms with Crippen molar-refractivity contribution < 1.29 is 9.53 Å². The van der Waals surface area contributed by atoms with Gasteiger partial charge in [-0.15, -0.1) is 0 Å². The summed E-state index contributed by atoms with van der Waals surface area (Å²) < 4.78 is 4.99. The Labute approximate surface area is 81.5 Å². The highest BCUT2D eigenvalue weighted by Crippen LogP contribution is 2.21. The maximum Gasteiger partial charge on any atom is 0.283 e. The van der Waals surface area contributed by atoms with E-state index < -0.39 is 0 Å². The van der Waals surface area contributed by atoms with Gasteiger partial charge in [-0.2, -0.15) is 0 Å². The van der Waals surface area contributed by atoms with Crippen LogP contribution in [-0.2, 0) is 0 Å². The van der Waals surface area contributed by atoms with Gasteiger partial charge in [-0.25, -0.2) is 0 Å². The van der Waals surface area contributed by atoms with Crippen LogP contribution in [0.2, 0.25) is 0 Å². The van der Waals surface area contributed by atoms with E-state index in [2.05, 4.69) is 5.32 Å². The Bertz CT molecular complexity index is 284. The molecule has 0 saturated heterocycles. The number of benzene rings is 1. The normalized spacial score (nSPS) is 9.38. The lowest BCUT2D eigenvalue weighted by atomic mass is 10.3. The van der Waals surface area contributed by atoms with Crippen molar-refractivity contribution in [3.8, 4) is 5.75 Å². The number of hydrogen-bond donors (Lipinski definition) is 1. The smallest absolute Gasteiger partial charge is 0.283 e. The van der Waals surface area contributed by atoms with E-state index in [9.17, 15) is 4.79 Å². The minimum absolute atomic E-state index is 0.0647. The number of nitrogens with one attached hydrogen (secondary N) is 1. The summed E-state index contributed by atoms with van der Waals surface area (Å²) in [6.07, 6.45) is 0. The molecule has 0 bridgehead atoms. The molecule has 1 aromatic carbocycles. The van der Waals surface area contributed by atoms with E-state index in [1.165, 1.54) is 0 Å². The third kappa shape index (κ3) is 2.99. The van der Waals surface area contributed by atoms with E-state index >= 15 is 0 Å². The van der Waals surface area contributed by atoms with E-state index in [0.29, 0.717) is 0 Å². The van der Waals surface area contributed by atoms with Gasteiger partial charge in [-0.05, 0) is 36.0 Å². The van der Waals surface area contributed by atoms with Crippen LogP contribution in [0.4, 0.5) is 4.79 Å². The highest BCUT2D eigenvalue weighted by molar-refractivity contribution is 8.13. The molecule has 0 aliphatic rings. The summed E-state index contributed by atoms with van der Waals surface area (Å²) in [6.45, 7) is 0. The molecule has 0 heterocycles. The number of hydrogen-bond acceptors (Lipinski definition) is 3. The highest BCUT2D eigenvalue weighted by atomic mass is 32.2. The second-order valence-electron chi connectivity index (χ2n) is 2.32. The first-order chi connectivity index (χ1) is 6.26. The second kappa shape index (κ2) is 4.77. The fourth-order valence-corrected chi connectivity index (χ4v) is 1.39. The molecule has 1 amide bonds. The summed E-state index contributed by atoms with van der Waals surface area (Å²) >= 11 is 1.16. The lowest BCUT2D eigenvalue weighted by molar-refractivity contribution is 0.262. The molecular formula is C9H11NO2S. The second-order valence-corrected chi connectivity index (χ2v) is 3.36. The molecule has 1 N–H and O–H groups in total. The molecule has 0 atom stereocenters. The van der Waals surface area contributed by atoms with Crippen molar-refractivity contribution in [1.29, 1.82) is 0 Å². The average molecular weight is 197 g/mol. The zero-order valence-corrected chi connectivity index (χ0v) is 8.35. The largest absolute Gasteiger partial charge is 0.497 e. The van der Waals surface area contributed by atoms with Crippen LogP contribution >= 0.6 is 11.8 Å². The first-order valence-electron chi connectivity index (χ1n) is 3.80. The molecule has 3 nitrogen and oxygen atoms in total. The minimum Gasteiger partial charge on any atom is -0.497 e. The van der Waals surface area contributed by atoms with Crippen LogP contribution in [0.15, 0.2) is 29.2 Å². The number of carbonyl (C=O) groups is 1. The highest BCUT2D eigenvalue weighted by Gasteiger charge is 2.00. The minimum atomic E-state index is -0.0647. The van der Waals surface area contributed by atoms with E-state index in [1.54, 1.807) is 14.2 Å². The first-order valence-corrected chi connectivity index (χ1v) is 4.61. The molecule has 0 spiro atoms. The molecule has 0 unspecified atom stereocenters. The Balaban J connectivity index is 2.64. The molecule has 0 radical (unpaired) electrons. The van der Waals surface area contributed by atoms with Gasteiger partial charge in [0.1, 0.15) is 5.75 Å². The Hall–Kier alpha value is -1.16. The number of rotatable bonds is 2. The van der Waals surface area contributed by atoms with E-state index in [1.807, 2.05) is 24.3 Å². The van der Waals surface area contributed by atoms with Crippen molar-refractivity contribution in [3.05, 3.63) is 24.3 Å². The van der Waals surface area contributed by atoms with Crippen LogP contribution in [-0.4, -0.2) is 19.4 Å². The number of amides is 1. The van der Waals surface area contributed by atoms with Crippen molar-refractivity contribution >= 4 is 17.0 Å². The summed E-state index contributed by atoms with van der Waals surface area (Å²) in [5.41, 5.74) is 0. The molecule has 0 aliphatic carbocycles. The number of carbonyl (C=O) groups excluding carboxylic acids is 1. The van der Waals surface area contributed by atoms with Gasteiger partial charge >= 0.3 is 0 Å². The zero-order chi connectivity index (χ0) is 9.68. The summed E-state index contributed by atoms with van der Waals surface area (Å²) in [6, 6.07) is 7.34. The summed E-state index contributed by atoms with van der Waals surface area (Å²) in [5.74, 6) is 0.793. The van der Waals surface area contributed by atoms with Gasteiger partial charge in [0.05, 0.1) is 7.11 Å². The van der Waals surface area contributed by atoms with E-state index in [-0.39, 0.29) is 5.24 Å². The van der Waals surface area contributed by atoms with Crippen molar-refractivity contribution in [2.45, 2.75) is 4.90 Å². The lowest BCUT2D eigenvalue weighted by Crippen LogP contribution is -2.10. The predicted molar refractivity (Wildman–Crippen MR) is 53.3 cm³/mol. The van der Waals surface area contributed by atoms with Gasteiger partial charge < -0.3 is 10.1 Å². The van der Waals surface area contributed by atoms with Gasteiger partial charge in [0.2, 0.25) is 0 Å². The topological polar surface area (TPSA) is 38.3 Å². The van der Waals surface area contributed by atoms with Crippen LogP contribution in [0.3, 0.4) is 0 Å². The quantitative estimate of drug-likeness (QED) is 0.738. The fraction of sp³-hybridized carbons (Fsp3) is 0.222. The number of methoxy groups -OCH3 is 1. The van der Waals surface area contributed by atoms with Gasteiger partial charge in [-0.1, -0.05) is 0 Å². The molecule has 1 aromatic rings. The monoisotopic (exact) mass is 197 g/mol. The SMILES string of the molecule is CNC(=O)Sc1ccc(OC)cc1. The Morgan fingerprint density at radius 3 is 2.46 bits per heavy atom. The molecule has 0 aromatic heterocycles. The van der Waals surface area contributed by atoms with Crippen molar-refractivity contribution in [1.82, 2.24) is 5.32 Å². The zero-order valence-electron chi connectivity index (χ0n) is 7.53. The van der Waals surface area contributed by atoms with Crippen molar-refractivity contribution in [2.75, 3.05) is 14.2 Å². The standard InChI is InChI=1S/C9H11NO2S/c1-10-9(11)13-8-5-3-7(12-2)4-6-8/h3-6H,1-2H3,(H,10,11). The number of thioether (sulfide) groups is 1. The van der Waals surface area contributed by atoms with Crippen LogP contribution in [0.1, 0.15) is 0 Å². The van der Waals surface area contributed by atoms with E-state index in [0.717, 1.165) is 22.4 Å². The third-order valence-corrected chi connectivity index (χ3v) is 2.37. The summed E-state index contributed by atoms with van der Waals surface area (Å²) in [5, 5.41) is 2.47. The van der Waals surface area contributed by atoms with Gasteiger partial charge in [-0.3, -0.25) is 4.79 Å². The van der Waals surface area contributed by atoms with Gasteiger partial charge in [0.25, 0.3) is 5.24 Å². The number of ether oxygens (including phenoxy) is 1. The molecular weight excluding hydrogens is 186 g/mol. The van der Waals surface area contributed by atoms with Crippen molar-refractivity contribution in [3.63, 3.8) is 0 Å². The maximum absolute atomic E-state index is 11.0. The molecule has 0 fully saturated rings. The summed E-state index contributed by atoms with van der Waals surface area (Å²) in [4.78, 5) is 11.9. The molecule has 1 rings (SSSR count). The van der Waals surface area contributed by atoms with Gasteiger partial charge in [0.15, 0.2) is 0 Å². The maximum atomic E-state index is 11.0. The molecule has 0 saturated carbocycles. The van der Waals surface area contributed by atoms with Crippen LogP contribution in [0.25, 0.3) is 0 Å². The fourth-order valence-electron chi connectivity index (χ4n) is 0.802. The molecule has 70 valence electrons. The van der Waals surface area contributed by atoms with Crippen LogP contribution in [0.5, 0.6) is 5.75 Å². The van der Waals surface area contributed by atoms with Crippen molar-refractivity contribution in [2.24, 2.45) is 0 Å². The van der Waals surface area contributed by atoms with Gasteiger partial charge in [0, 0.05) is 11.9 Å². The van der Waals surface area contributed by atoms with Crippen LogP contribution in [0, 0.1) is 0 Å².